The largest absolute Gasteiger partial charge is 0.493 e. The zero-order chi connectivity index (χ0) is 21.7. The summed E-state index contributed by atoms with van der Waals surface area (Å²) in [6.45, 7) is 3.71. The van der Waals surface area contributed by atoms with Crippen molar-refractivity contribution in [2.45, 2.75) is 57.1 Å². The van der Waals surface area contributed by atoms with Crippen molar-refractivity contribution in [3.05, 3.63) is 17.7 Å². The van der Waals surface area contributed by atoms with Crippen molar-refractivity contribution < 1.29 is 24.1 Å². The number of aliphatic hydroxyl groups is 1. The van der Waals surface area contributed by atoms with Gasteiger partial charge in [0.15, 0.2) is 11.5 Å². The van der Waals surface area contributed by atoms with Crippen LogP contribution in [0, 0.1) is 5.92 Å². The van der Waals surface area contributed by atoms with Gasteiger partial charge in [0.1, 0.15) is 0 Å². The maximum absolute atomic E-state index is 12.5. The lowest BCUT2D eigenvalue weighted by atomic mass is 9.66. The molecule has 3 rings (SSSR count). The Balaban J connectivity index is 2.01. The zero-order valence-electron chi connectivity index (χ0n) is 18.7. The highest BCUT2D eigenvalue weighted by molar-refractivity contribution is 5.78. The van der Waals surface area contributed by atoms with Crippen LogP contribution in [-0.2, 0) is 4.79 Å². The summed E-state index contributed by atoms with van der Waals surface area (Å²) in [6.07, 6.45) is 5.49. The van der Waals surface area contributed by atoms with Crippen molar-refractivity contribution in [2.24, 2.45) is 5.92 Å². The van der Waals surface area contributed by atoms with Crippen molar-refractivity contribution >= 4 is 5.91 Å². The molecule has 1 aliphatic heterocycles. The van der Waals surface area contributed by atoms with Crippen LogP contribution in [0.4, 0.5) is 0 Å². The molecule has 0 bridgehead atoms. The molecule has 0 spiro atoms. The first-order valence-corrected chi connectivity index (χ1v) is 11.0. The second-order valence-electron chi connectivity index (χ2n) is 8.43. The minimum Gasteiger partial charge on any atom is -0.493 e. The number of likely N-dealkylation sites (tertiary alicyclic amines) is 1. The Hall–Kier alpha value is -1.99. The lowest BCUT2D eigenvalue weighted by Gasteiger charge is -2.52. The van der Waals surface area contributed by atoms with E-state index in [1.54, 1.807) is 21.3 Å². The van der Waals surface area contributed by atoms with E-state index < -0.39 is 5.60 Å². The van der Waals surface area contributed by atoms with Crippen molar-refractivity contribution in [1.29, 1.82) is 0 Å². The zero-order valence-corrected chi connectivity index (χ0v) is 18.7. The first kappa shape index (κ1) is 22.7. The molecule has 2 fully saturated rings. The van der Waals surface area contributed by atoms with Crippen LogP contribution in [0.5, 0.6) is 17.2 Å². The van der Waals surface area contributed by atoms with Crippen LogP contribution in [0.3, 0.4) is 0 Å². The number of methoxy groups -OCH3 is 3. The van der Waals surface area contributed by atoms with Crippen molar-refractivity contribution in [2.75, 3.05) is 41.0 Å². The molecule has 30 heavy (non-hydrogen) atoms. The average molecular weight is 421 g/mol. The second-order valence-corrected chi connectivity index (χ2v) is 8.43. The fourth-order valence-electron chi connectivity index (χ4n) is 5.14. The van der Waals surface area contributed by atoms with Crippen LogP contribution in [0.15, 0.2) is 12.1 Å². The van der Waals surface area contributed by atoms with Gasteiger partial charge in [0.05, 0.1) is 33.5 Å². The molecule has 2 aliphatic rings. The maximum atomic E-state index is 12.5. The molecule has 3 atom stereocenters. The number of piperidine rings is 1. The molecule has 0 aromatic heterocycles. The number of fused-ring (bicyclic) bond motifs is 1. The Morgan fingerprint density at radius 1 is 1.17 bits per heavy atom. The molecular weight excluding hydrogens is 384 g/mol. The number of nitrogens with zero attached hydrogens (tertiary/aromatic N) is 1. The van der Waals surface area contributed by atoms with Gasteiger partial charge < -0.3 is 24.6 Å². The lowest BCUT2D eigenvalue weighted by molar-refractivity contribution is -0.137. The molecule has 2 N–H and O–H groups in total. The Morgan fingerprint density at radius 2 is 1.87 bits per heavy atom. The summed E-state index contributed by atoms with van der Waals surface area (Å²) in [7, 11) is 4.80. The van der Waals surface area contributed by atoms with E-state index in [0.717, 1.165) is 37.7 Å². The van der Waals surface area contributed by atoms with E-state index in [0.29, 0.717) is 43.3 Å². The molecule has 1 saturated carbocycles. The number of benzene rings is 1. The first-order chi connectivity index (χ1) is 14.5. The van der Waals surface area contributed by atoms with Gasteiger partial charge in [0, 0.05) is 25.0 Å². The molecule has 0 radical (unpaired) electrons. The van der Waals surface area contributed by atoms with Crippen LogP contribution in [-0.4, -0.2) is 62.5 Å². The van der Waals surface area contributed by atoms with E-state index in [9.17, 15) is 9.90 Å². The third-order valence-corrected chi connectivity index (χ3v) is 6.62. The highest BCUT2D eigenvalue weighted by atomic mass is 16.5. The molecule has 0 unspecified atom stereocenters. The summed E-state index contributed by atoms with van der Waals surface area (Å²) < 4.78 is 16.6. The predicted molar refractivity (Wildman–Crippen MR) is 115 cm³/mol. The van der Waals surface area contributed by atoms with E-state index in [1.165, 1.54) is 0 Å². The van der Waals surface area contributed by atoms with E-state index >= 15 is 0 Å². The Labute approximate surface area is 179 Å². The summed E-state index contributed by atoms with van der Waals surface area (Å²) in [5.41, 5.74) is 0.289. The summed E-state index contributed by atoms with van der Waals surface area (Å²) >= 11 is 0. The van der Waals surface area contributed by atoms with Crippen LogP contribution < -0.4 is 19.5 Å². The maximum Gasteiger partial charge on any atom is 0.234 e. The minimum absolute atomic E-state index is 0.0236. The molecule has 168 valence electrons. The van der Waals surface area contributed by atoms with Gasteiger partial charge in [0.2, 0.25) is 11.7 Å². The van der Waals surface area contributed by atoms with Crippen molar-refractivity contribution in [1.82, 2.24) is 10.2 Å². The molecule has 1 aromatic carbocycles. The number of ether oxygens (including phenoxy) is 3. The summed E-state index contributed by atoms with van der Waals surface area (Å²) in [5, 5.41) is 14.4. The SMILES string of the molecule is CCCNC(=O)CN1CC[C@]2(O)CCCC[C@H]2[C@@H]1c1cc(OC)c(OC)c(OC)c1. The third-order valence-electron chi connectivity index (χ3n) is 6.62. The minimum atomic E-state index is -0.695. The Kier molecular flexibility index (Phi) is 7.47. The summed E-state index contributed by atoms with van der Waals surface area (Å²) in [5.74, 6) is 1.81. The van der Waals surface area contributed by atoms with Crippen molar-refractivity contribution in [3.8, 4) is 17.2 Å². The predicted octanol–water partition coefficient (Wildman–Crippen LogP) is 2.91. The van der Waals surface area contributed by atoms with Gasteiger partial charge in [-0.2, -0.15) is 0 Å². The average Bonchev–Trinajstić information content (AvgIpc) is 2.76. The third kappa shape index (κ3) is 4.52. The Bertz CT molecular complexity index is 715. The number of carbonyl (C=O) groups is 1. The fourth-order valence-corrected chi connectivity index (χ4v) is 5.14. The number of hydrogen-bond donors (Lipinski definition) is 2. The Morgan fingerprint density at radius 3 is 2.47 bits per heavy atom. The molecule has 1 heterocycles. The van der Waals surface area contributed by atoms with Gasteiger partial charge in [0.25, 0.3) is 0 Å². The van der Waals surface area contributed by atoms with E-state index in [-0.39, 0.29) is 17.9 Å². The van der Waals surface area contributed by atoms with Gasteiger partial charge in [-0.25, -0.2) is 0 Å². The number of hydrogen-bond acceptors (Lipinski definition) is 6. The molecule has 1 saturated heterocycles. The number of rotatable bonds is 8. The quantitative estimate of drug-likeness (QED) is 0.673. The van der Waals surface area contributed by atoms with E-state index in [1.807, 2.05) is 19.1 Å². The van der Waals surface area contributed by atoms with E-state index in [4.69, 9.17) is 14.2 Å². The van der Waals surface area contributed by atoms with Crippen LogP contribution >= 0.6 is 0 Å². The summed E-state index contributed by atoms with van der Waals surface area (Å²) in [4.78, 5) is 14.8. The van der Waals surface area contributed by atoms with Gasteiger partial charge in [-0.3, -0.25) is 9.69 Å². The lowest BCUT2D eigenvalue weighted by Crippen LogP contribution is -2.56. The molecular formula is C23H36N2O5. The molecule has 1 aromatic rings. The van der Waals surface area contributed by atoms with Gasteiger partial charge >= 0.3 is 0 Å². The normalized spacial score (nSPS) is 26.6. The standard InChI is InChI=1S/C23H36N2O5/c1-5-11-24-20(26)15-25-12-10-23(27)9-7-6-8-17(23)21(25)16-13-18(28-2)22(30-4)19(14-16)29-3/h13-14,17,21,27H,5-12,15H2,1-4H3,(H,24,26)/t17-,21-,23+/m0/s1. The fraction of sp³-hybridized carbons (Fsp3) is 0.696. The van der Waals surface area contributed by atoms with Crippen molar-refractivity contribution in [3.63, 3.8) is 0 Å². The molecule has 7 nitrogen and oxygen atoms in total. The van der Waals surface area contributed by atoms with E-state index in [2.05, 4.69) is 10.2 Å². The topological polar surface area (TPSA) is 80.3 Å². The highest BCUT2D eigenvalue weighted by Crippen LogP contribution is 2.51. The second kappa shape index (κ2) is 9.88. The number of nitrogens with one attached hydrogen (secondary N) is 1. The molecule has 1 aliphatic carbocycles. The molecule has 1 amide bonds. The van der Waals surface area contributed by atoms with Gasteiger partial charge in [-0.1, -0.05) is 19.8 Å². The highest BCUT2D eigenvalue weighted by Gasteiger charge is 2.49. The summed E-state index contributed by atoms with van der Waals surface area (Å²) in [6, 6.07) is 3.83. The molecule has 7 heteroatoms. The van der Waals surface area contributed by atoms with Gasteiger partial charge in [-0.05, 0) is 43.4 Å². The van der Waals surface area contributed by atoms with Crippen LogP contribution in [0.2, 0.25) is 0 Å². The smallest absolute Gasteiger partial charge is 0.234 e. The monoisotopic (exact) mass is 420 g/mol. The number of carbonyl (C=O) groups excluding carboxylic acids is 1. The van der Waals surface area contributed by atoms with Crippen LogP contribution in [0.1, 0.15) is 57.1 Å². The van der Waals surface area contributed by atoms with Gasteiger partial charge in [-0.15, -0.1) is 0 Å². The first-order valence-electron chi connectivity index (χ1n) is 11.0. The van der Waals surface area contributed by atoms with Crippen LogP contribution in [0.25, 0.3) is 0 Å². The number of amides is 1.